The zero-order valence-electron chi connectivity index (χ0n) is 5.73. The second kappa shape index (κ2) is 4.68. The minimum atomic E-state index is -0.997. The Balaban J connectivity index is 2.91. The maximum atomic E-state index is 11.9. The van der Waals surface area contributed by atoms with Crippen LogP contribution in [0, 0.1) is 0 Å². The molecule has 0 spiro atoms. The minimum Gasteiger partial charge on any atom is -0.375 e. The van der Waals surface area contributed by atoms with Crippen LogP contribution in [0.1, 0.15) is 13.8 Å². The van der Waals surface area contributed by atoms with Gasteiger partial charge in [0.05, 0.1) is 13.2 Å². The van der Waals surface area contributed by atoms with Gasteiger partial charge in [-0.1, -0.05) is 0 Å². The lowest BCUT2D eigenvalue weighted by molar-refractivity contribution is 0.0551. The predicted molar refractivity (Wildman–Crippen MR) is 32.0 cm³/mol. The average Bonchev–Trinajstić information content (AvgIpc) is 1.63. The zero-order valence-corrected chi connectivity index (χ0v) is 5.73. The Kier molecular flexibility index (Phi) is 4.58. The van der Waals surface area contributed by atoms with Gasteiger partial charge in [-0.05, 0) is 13.8 Å². The summed E-state index contributed by atoms with van der Waals surface area (Å²) in [5, 5.41) is 0. The lowest BCUT2D eigenvalue weighted by Crippen LogP contribution is -2.11. The van der Waals surface area contributed by atoms with Gasteiger partial charge in [-0.2, -0.15) is 0 Å². The minimum absolute atomic E-state index is 0.00569. The van der Waals surface area contributed by atoms with E-state index in [9.17, 15) is 8.78 Å². The molecule has 0 aliphatic carbocycles. The maximum Gasteiger partial charge on any atom is 0.121 e. The van der Waals surface area contributed by atoms with Crippen molar-refractivity contribution in [2.75, 3.05) is 13.2 Å². The molecule has 0 radical (unpaired) electrons. The van der Waals surface area contributed by atoms with Crippen molar-refractivity contribution < 1.29 is 13.5 Å². The molecule has 0 saturated carbocycles. The van der Waals surface area contributed by atoms with Gasteiger partial charge >= 0.3 is 0 Å². The van der Waals surface area contributed by atoms with Crippen LogP contribution in [0.25, 0.3) is 0 Å². The highest BCUT2D eigenvalue weighted by molar-refractivity contribution is 4.46. The normalized spacial score (nSPS) is 17.3. The van der Waals surface area contributed by atoms with Crippen LogP contribution in [0.5, 0.6) is 0 Å². The molecule has 0 fully saturated rings. The van der Waals surface area contributed by atoms with E-state index in [1.165, 1.54) is 13.8 Å². The van der Waals surface area contributed by atoms with E-state index in [0.29, 0.717) is 0 Å². The van der Waals surface area contributed by atoms with Crippen LogP contribution in [0.15, 0.2) is 0 Å². The van der Waals surface area contributed by atoms with Crippen molar-refractivity contribution in [2.24, 2.45) is 0 Å². The molecular weight excluding hydrogens is 126 g/mol. The smallest absolute Gasteiger partial charge is 0.121 e. The summed E-state index contributed by atoms with van der Waals surface area (Å²) in [5.41, 5.74) is 0. The molecule has 0 N–H and O–H groups in total. The summed E-state index contributed by atoms with van der Waals surface area (Å²) >= 11 is 0. The Hall–Kier alpha value is -0.180. The van der Waals surface area contributed by atoms with Crippen LogP contribution in [0.2, 0.25) is 0 Å². The summed E-state index contributed by atoms with van der Waals surface area (Å²) in [6.45, 7) is 2.74. The van der Waals surface area contributed by atoms with Gasteiger partial charge in [0.2, 0.25) is 0 Å². The van der Waals surface area contributed by atoms with E-state index >= 15 is 0 Å². The van der Waals surface area contributed by atoms with E-state index in [1.54, 1.807) is 0 Å². The molecule has 0 rings (SSSR count). The van der Waals surface area contributed by atoms with Crippen molar-refractivity contribution >= 4 is 0 Å². The number of hydrogen-bond donors (Lipinski definition) is 0. The summed E-state index contributed by atoms with van der Waals surface area (Å²) in [5.74, 6) is 0. The Bertz CT molecular complexity index is 56.1. The molecule has 0 aliphatic rings. The van der Waals surface area contributed by atoms with Crippen molar-refractivity contribution in [2.45, 2.75) is 26.2 Å². The number of ether oxygens (including phenoxy) is 1. The topological polar surface area (TPSA) is 9.23 Å². The molecule has 3 heteroatoms. The molecule has 0 aromatic carbocycles. The van der Waals surface area contributed by atoms with Gasteiger partial charge in [-0.15, -0.1) is 0 Å². The highest BCUT2D eigenvalue weighted by atomic mass is 19.1. The van der Waals surface area contributed by atoms with Crippen LogP contribution >= 0.6 is 0 Å². The second-order valence-corrected chi connectivity index (χ2v) is 2.10. The first-order chi connectivity index (χ1) is 4.13. The van der Waals surface area contributed by atoms with Crippen molar-refractivity contribution in [1.82, 2.24) is 0 Å². The Morgan fingerprint density at radius 1 is 1.11 bits per heavy atom. The lowest BCUT2D eigenvalue weighted by Gasteiger charge is -2.04. The summed E-state index contributed by atoms with van der Waals surface area (Å²) in [6, 6.07) is 0. The second-order valence-electron chi connectivity index (χ2n) is 2.10. The fraction of sp³-hybridized carbons (Fsp3) is 1.00. The average molecular weight is 138 g/mol. The molecule has 0 heterocycles. The first-order valence-corrected chi connectivity index (χ1v) is 2.98. The van der Waals surface area contributed by atoms with E-state index in [0.717, 1.165) is 0 Å². The molecular formula is C6H12F2O. The van der Waals surface area contributed by atoms with Crippen LogP contribution in [0.4, 0.5) is 8.78 Å². The van der Waals surface area contributed by atoms with E-state index in [-0.39, 0.29) is 13.2 Å². The Labute approximate surface area is 54.0 Å². The van der Waals surface area contributed by atoms with E-state index in [4.69, 9.17) is 0 Å². The van der Waals surface area contributed by atoms with Gasteiger partial charge < -0.3 is 4.74 Å². The van der Waals surface area contributed by atoms with E-state index < -0.39 is 12.3 Å². The third-order valence-electron chi connectivity index (χ3n) is 0.695. The molecule has 56 valence electrons. The summed E-state index contributed by atoms with van der Waals surface area (Å²) in [6.07, 6.45) is -1.99. The molecule has 0 aromatic rings. The number of rotatable bonds is 4. The first kappa shape index (κ1) is 8.82. The largest absolute Gasteiger partial charge is 0.375 e. The predicted octanol–water partition coefficient (Wildman–Crippen LogP) is 1.72. The molecule has 0 aromatic heterocycles. The van der Waals surface area contributed by atoms with Crippen molar-refractivity contribution in [1.29, 1.82) is 0 Å². The van der Waals surface area contributed by atoms with Crippen LogP contribution in [-0.2, 0) is 4.74 Å². The monoisotopic (exact) mass is 138 g/mol. The van der Waals surface area contributed by atoms with Gasteiger partial charge in [0.1, 0.15) is 12.3 Å². The first-order valence-electron chi connectivity index (χ1n) is 2.98. The SMILES string of the molecule is CC(F)COCC(C)F. The molecule has 0 aliphatic heterocycles. The molecule has 0 bridgehead atoms. The quantitative estimate of drug-likeness (QED) is 0.574. The van der Waals surface area contributed by atoms with Crippen molar-refractivity contribution in [3.63, 3.8) is 0 Å². The number of alkyl halides is 2. The highest BCUT2D eigenvalue weighted by Crippen LogP contribution is 1.93. The standard InChI is InChI=1S/C6H12F2O/c1-5(7)3-9-4-6(2)8/h5-6H,3-4H2,1-2H3. The summed E-state index contributed by atoms with van der Waals surface area (Å²) in [4.78, 5) is 0. The third kappa shape index (κ3) is 7.82. The van der Waals surface area contributed by atoms with Gasteiger partial charge in [0.15, 0.2) is 0 Å². The third-order valence-corrected chi connectivity index (χ3v) is 0.695. The van der Waals surface area contributed by atoms with Gasteiger partial charge in [-0.25, -0.2) is 8.78 Å². The number of halogens is 2. The molecule has 2 unspecified atom stereocenters. The fourth-order valence-electron chi connectivity index (χ4n) is 0.393. The molecule has 2 atom stereocenters. The van der Waals surface area contributed by atoms with Gasteiger partial charge in [0, 0.05) is 0 Å². The zero-order chi connectivity index (χ0) is 7.28. The number of hydrogen-bond acceptors (Lipinski definition) is 1. The lowest BCUT2D eigenvalue weighted by atomic mass is 10.4. The van der Waals surface area contributed by atoms with Crippen molar-refractivity contribution in [3.8, 4) is 0 Å². The highest BCUT2D eigenvalue weighted by Gasteiger charge is 2.00. The molecule has 9 heavy (non-hydrogen) atoms. The van der Waals surface area contributed by atoms with E-state index in [1.807, 2.05) is 0 Å². The van der Waals surface area contributed by atoms with Crippen LogP contribution in [-0.4, -0.2) is 25.6 Å². The Morgan fingerprint density at radius 3 is 1.67 bits per heavy atom. The summed E-state index contributed by atoms with van der Waals surface area (Å²) < 4.78 is 28.4. The molecule has 0 amide bonds. The molecule has 1 nitrogen and oxygen atoms in total. The van der Waals surface area contributed by atoms with Crippen molar-refractivity contribution in [3.05, 3.63) is 0 Å². The Morgan fingerprint density at radius 2 is 1.44 bits per heavy atom. The van der Waals surface area contributed by atoms with E-state index in [2.05, 4.69) is 4.74 Å². The van der Waals surface area contributed by atoms with Gasteiger partial charge in [0.25, 0.3) is 0 Å². The maximum absolute atomic E-state index is 11.9. The fourth-order valence-corrected chi connectivity index (χ4v) is 0.393. The van der Waals surface area contributed by atoms with Crippen LogP contribution < -0.4 is 0 Å². The van der Waals surface area contributed by atoms with Gasteiger partial charge in [-0.3, -0.25) is 0 Å². The molecule has 0 saturated heterocycles. The van der Waals surface area contributed by atoms with Crippen LogP contribution in [0.3, 0.4) is 0 Å². The summed E-state index contributed by atoms with van der Waals surface area (Å²) in [7, 11) is 0.